The zero-order valence-corrected chi connectivity index (χ0v) is 21.1. The van der Waals surface area contributed by atoms with Crippen LogP contribution in [-0.4, -0.2) is 41.0 Å². The summed E-state index contributed by atoms with van der Waals surface area (Å²) >= 11 is 0. The number of anilines is 1. The molecule has 38 heavy (non-hydrogen) atoms. The summed E-state index contributed by atoms with van der Waals surface area (Å²) in [5, 5.41) is 43.3. The summed E-state index contributed by atoms with van der Waals surface area (Å²) in [7, 11) is -4.16. The van der Waals surface area contributed by atoms with Gasteiger partial charge in [-0.05, 0) is 71.6 Å². The van der Waals surface area contributed by atoms with Gasteiger partial charge >= 0.3 is 0 Å². The molecule has 0 saturated heterocycles. The van der Waals surface area contributed by atoms with Crippen molar-refractivity contribution in [1.82, 2.24) is 0 Å². The number of halogens is 1. The fraction of sp³-hybridized carbons (Fsp3) is 0.172. The number of rotatable bonds is 3. The average molecular weight is 534 g/mol. The molecule has 0 aromatic heterocycles. The van der Waals surface area contributed by atoms with E-state index in [2.05, 4.69) is 0 Å². The van der Waals surface area contributed by atoms with E-state index in [1.54, 1.807) is 18.2 Å². The van der Waals surface area contributed by atoms with Crippen LogP contribution in [0, 0.1) is 12.7 Å². The van der Waals surface area contributed by atoms with Gasteiger partial charge in [-0.15, -0.1) is 0 Å². The zero-order valence-electron chi connectivity index (χ0n) is 20.3. The Balaban J connectivity index is 1.61. The number of nitrogens with zero attached hydrogens (tertiary/aromatic N) is 1. The fourth-order valence-corrected chi connectivity index (χ4v) is 7.22. The molecular weight excluding hydrogens is 509 g/mol. The van der Waals surface area contributed by atoms with Gasteiger partial charge in [0.1, 0.15) is 11.6 Å². The van der Waals surface area contributed by atoms with Gasteiger partial charge in [0, 0.05) is 24.0 Å². The van der Waals surface area contributed by atoms with Crippen molar-refractivity contribution in [2.45, 2.75) is 29.8 Å². The van der Waals surface area contributed by atoms with Crippen molar-refractivity contribution < 1.29 is 33.2 Å². The highest BCUT2D eigenvalue weighted by molar-refractivity contribution is 7.92. The maximum atomic E-state index is 13.9. The highest BCUT2D eigenvalue weighted by atomic mass is 32.2. The lowest BCUT2D eigenvalue weighted by molar-refractivity contribution is 0.0415. The van der Waals surface area contributed by atoms with Crippen molar-refractivity contribution in [3.8, 4) is 28.4 Å². The second-order valence-corrected chi connectivity index (χ2v) is 11.9. The maximum absolute atomic E-state index is 13.9. The molecule has 9 heteroatoms. The summed E-state index contributed by atoms with van der Waals surface area (Å²) < 4.78 is 42.5. The van der Waals surface area contributed by atoms with Gasteiger partial charge in [-0.1, -0.05) is 29.8 Å². The molecule has 1 aliphatic carbocycles. The zero-order chi connectivity index (χ0) is 27.0. The van der Waals surface area contributed by atoms with Crippen LogP contribution in [0.1, 0.15) is 28.2 Å². The Kier molecular flexibility index (Phi) is 5.24. The number of aliphatic hydroxyl groups is 1. The van der Waals surface area contributed by atoms with Gasteiger partial charge in [-0.2, -0.15) is 0 Å². The average Bonchev–Trinajstić information content (AvgIpc) is 3.15. The number of aryl methyl sites for hydroxylation is 1. The van der Waals surface area contributed by atoms with Crippen molar-refractivity contribution in [3.05, 3.63) is 101 Å². The van der Waals surface area contributed by atoms with E-state index in [-0.39, 0.29) is 40.8 Å². The van der Waals surface area contributed by atoms with Gasteiger partial charge in [-0.3, -0.25) is 4.31 Å². The highest BCUT2D eigenvalue weighted by Gasteiger charge is 2.53. The third kappa shape index (κ3) is 3.61. The van der Waals surface area contributed by atoms with Crippen molar-refractivity contribution in [3.63, 3.8) is 0 Å². The summed E-state index contributed by atoms with van der Waals surface area (Å²) in [4.78, 5) is 0.0315. The quantitative estimate of drug-likeness (QED) is 0.287. The normalized spacial score (nSPS) is 20.1. The largest absolute Gasteiger partial charge is 0.507 e. The maximum Gasteiger partial charge on any atom is 0.264 e. The molecule has 4 aromatic carbocycles. The van der Waals surface area contributed by atoms with E-state index in [0.717, 1.165) is 9.87 Å². The minimum absolute atomic E-state index is 0.0315. The number of sulfonamides is 1. The van der Waals surface area contributed by atoms with E-state index in [4.69, 9.17) is 0 Å². The van der Waals surface area contributed by atoms with E-state index in [0.29, 0.717) is 27.8 Å². The monoisotopic (exact) mass is 533 g/mol. The molecule has 2 atom stereocenters. The molecule has 4 N–H and O–H groups in total. The second kappa shape index (κ2) is 8.21. The minimum atomic E-state index is -4.16. The Bertz CT molecular complexity index is 1700. The summed E-state index contributed by atoms with van der Waals surface area (Å²) in [5.74, 6) is -2.12. The number of hydrogen-bond acceptors (Lipinski definition) is 6. The number of aromatic hydroxyl groups is 3. The number of fused-ring (bicyclic) bond motifs is 5. The molecule has 0 spiro atoms. The van der Waals surface area contributed by atoms with Gasteiger partial charge in [0.05, 0.1) is 22.7 Å². The number of hydrogen-bond donors (Lipinski definition) is 4. The van der Waals surface area contributed by atoms with Crippen molar-refractivity contribution in [1.29, 1.82) is 0 Å². The Morgan fingerprint density at radius 1 is 0.868 bits per heavy atom. The van der Waals surface area contributed by atoms with Crippen molar-refractivity contribution in [2.75, 3.05) is 10.8 Å². The van der Waals surface area contributed by atoms with Crippen LogP contribution in [0.2, 0.25) is 0 Å². The molecule has 0 radical (unpaired) electrons. The third-order valence-electron chi connectivity index (χ3n) is 7.49. The number of phenolic OH excluding ortho intramolecular Hbond substituents is 3. The summed E-state index contributed by atoms with van der Waals surface area (Å²) in [5.41, 5.74) is 1.83. The topological polar surface area (TPSA) is 118 Å². The van der Waals surface area contributed by atoms with E-state index in [9.17, 15) is 33.2 Å². The first-order chi connectivity index (χ1) is 18.0. The SMILES string of the molecule is Cc1ccc(S(=O)(=O)N2C[C@]3(O)Cc4cc(O)c(O)cc4[C@@H]3c3cc(-c4ccc(F)cc4)c(O)cc32)cc1. The first kappa shape index (κ1) is 24.3. The van der Waals surface area contributed by atoms with Crippen LogP contribution in [0.4, 0.5) is 10.1 Å². The molecule has 7 nitrogen and oxygen atoms in total. The molecule has 6 rings (SSSR count). The molecule has 4 aromatic rings. The lowest BCUT2D eigenvalue weighted by Crippen LogP contribution is -2.52. The summed E-state index contributed by atoms with van der Waals surface area (Å²) in [6, 6.07) is 17.6. The molecule has 2 aliphatic rings. The molecule has 1 heterocycles. The van der Waals surface area contributed by atoms with Gasteiger partial charge in [0.2, 0.25) is 0 Å². The highest BCUT2D eigenvalue weighted by Crippen LogP contribution is 2.56. The first-order valence-corrected chi connectivity index (χ1v) is 13.4. The number of phenols is 3. The summed E-state index contributed by atoms with van der Waals surface area (Å²) in [6.07, 6.45) is 0.0347. The van der Waals surface area contributed by atoms with Crippen LogP contribution in [-0.2, 0) is 16.4 Å². The van der Waals surface area contributed by atoms with Crippen LogP contribution in [0.5, 0.6) is 17.2 Å². The van der Waals surface area contributed by atoms with E-state index in [1.807, 2.05) is 6.92 Å². The standard InChI is InChI=1S/C29H24FNO6S/c1-16-2-8-20(9-3-16)38(36,37)31-15-29(35)14-18-10-26(33)27(34)12-22(18)28(29)23-11-21(25(32)13-24(23)31)17-4-6-19(30)7-5-17/h2-13,28,32-35H,14-15H2,1H3/t28-,29-/m1/s1. The van der Waals surface area contributed by atoms with Crippen LogP contribution >= 0.6 is 0 Å². The van der Waals surface area contributed by atoms with Gasteiger partial charge in [0.15, 0.2) is 11.5 Å². The Morgan fingerprint density at radius 2 is 1.53 bits per heavy atom. The molecule has 1 aliphatic heterocycles. The lowest BCUT2D eigenvalue weighted by Gasteiger charge is -2.43. The van der Waals surface area contributed by atoms with Crippen LogP contribution in [0.3, 0.4) is 0 Å². The Hall–Kier alpha value is -4.08. The van der Waals surface area contributed by atoms with Gasteiger partial charge in [-0.25, -0.2) is 12.8 Å². The smallest absolute Gasteiger partial charge is 0.264 e. The Labute approximate surface area is 218 Å². The van der Waals surface area contributed by atoms with Crippen molar-refractivity contribution >= 4 is 15.7 Å². The van der Waals surface area contributed by atoms with E-state index >= 15 is 0 Å². The predicted molar refractivity (Wildman–Crippen MR) is 139 cm³/mol. The number of benzene rings is 4. The Morgan fingerprint density at radius 3 is 2.21 bits per heavy atom. The predicted octanol–water partition coefficient (Wildman–Crippen LogP) is 4.55. The second-order valence-electron chi connectivity index (χ2n) is 10.0. The molecule has 0 unspecified atom stereocenters. The molecule has 0 amide bonds. The molecule has 0 bridgehead atoms. The van der Waals surface area contributed by atoms with E-state index in [1.165, 1.54) is 54.6 Å². The van der Waals surface area contributed by atoms with Crippen LogP contribution in [0.25, 0.3) is 11.1 Å². The van der Waals surface area contributed by atoms with Crippen molar-refractivity contribution in [2.24, 2.45) is 0 Å². The molecular formula is C29H24FNO6S. The minimum Gasteiger partial charge on any atom is -0.507 e. The lowest BCUT2D eigenvalue weighted by atomic mass is 9.77. The van der Waals surface area contributed by atoms with Gasteiger partial charge in [0.25, 0.3) is 10.0 Å². The molecule has 0 fully saturated rings. The van der Waals surface area contributed by atoms with Gasteiger partial charge < -0.3 is 20.4 Å². The van der Waals surface area contributed by atoms with E-state index < -0.39 is 27.4 Å². The first-order valence-electron chi connectivity index (χ1n) is 12.0. The third-order valence-corrected chi connectivity index (χ3v) is 9.26. The summed E-state index contributed by atoms with van der Waals surface area (Å²) in [6.45, 7) is 1.53. The molecule has 0 saturated carbocycles. The fourth-order valence-electron chi connectivity index (χ4n) is 5.67. The molecule has 194 valence electrons. The van der Waals surface area contributed by atoms with Crippen LogP contribution < -0.4 is 4.31 Å². The number of β-amino-alcohol motifs (C(OH)–C–C–N with tert-alkyl or cyclic N) is 1. The van der Waals surface area contributed by atoms with Crippen LogP contribution in [0.15, 0.2) is 77.7 Å².